The van der Waals surface area contributed by atoms with Crippen molar-refractivity contribution < 1.29 is 9.59 Å². The van der Waals surface area contributed by atoms with Crippen molar-refractivity contribution in [1.82, 2.24) is 9.80 Å². The SMILES string of the molecule is CC(=O)N(CC1CCCN(C(=O)C(C)N)C1)C1CC1. The molecule has 0 spiro atoms. The van der Waals surface area contributed by atoms with E-state index in [1.807, 2.05) is 9.80 Å². The maximum atomic E-state index is 11.9. The van der Waals surface area contributed by atoms with Gasteiger partial charge in [0.2, 0.25) is 11.8 Å². The van der Waals surface area contributed by atoms with Crippen LogP contribution in [0.3, 0.4) is 0 Å². The van der Waals surface area contributed by atoms with Crippen molar-refractivity contribution in [3.05, 3.63) is 0 Å². The Morgan fingerprint density at radius 2 is 2.05 bits per heavy atom. The van der Waals surface area contributed by atoms with E-state index in [1.165, 1.54) is 0 Å². The van der Waals surface area contributed by atoms with Crippen LogP contribution in [0.15, 0.2) is 0 Å². The highest BCUT2D eigenvalue weighted by Gasteiger charge is 2.34. The molecule has 0 aromatic rings. The smallest absolute Gasteiger partial charge is 0.239 e. The van der Waals surface area contributed by atoms with Crippen molar-refractivity contribution in [2.45, 2.75) is 51.6 Å². The molecule has 108 valence electrons. The van der Waals surface area contributed by atoms with Gasteiger partial charge < -0.3 is 15.5 Å². The van der Waals surface area contributed by atoms with E-state index in [1.54, 1.807) is 13.8 Å². The number of carbonyl (C=O) groups is 2. The van der Waals surface area contributed by atoms with Crippen molar-refractivity contribution in [3.63, 3.8) is 0 Å². The normalized spacial score (nSPS) is 25.0. The molecular weight excluding hydrogens is 242 g/mol. The summed E-state index contributed by atoms with van der Waals surface area (Å²) in [6.45, 7) is 5.73. The van der Waals surface area contributed by atoms with Gasteiger partial charge >= 0.3 is 0 Å². The molecule has 1 aliphatic heterocycles. The fourth-order valence-corrected chi connectivity index (χ4v) is 2.90. The third kappa shape index (κ3) is 3.69. The second-order valence-electron chi connectivity index (χ2n) is 5.98. The van der Waals surface area contributed by atoms with Crippen LogP contribution < -0.4 is 5.73 Å². The van der Waals surface area contributed by atoms with Crippen molar-refractivity contribution in [3.8, 4) is 0 Å². The van der Waals surface area contributed by atoms with Crippen molar-refractivity contribution in [2.75, 3.05) is 19.6 Å². The third-order valence-electron chi connectivity index (χ3n) is 4.07. The van der Waals surface area contributed by atoms with Crippen LogP contribution in [0.1, 0.15) is 39.5 Å². The van der Waals surface area contributed by atoms with Crippen LogP contribution in [-0.4, -0.2) is 53.3 Å². The molecule has 2 atom stereocenters. The predicted molar refractivity (Wildman–Crippen MR) is 73.4 cm³/mol. The molecule has 19 heavy (non-hydrogen) atoms. The molecule has 2 rings (SSSR count). The van der Waals surface area contributed by atoms with Crippen LogP contribution in [0, 0.1) is 5.92 Å². The van der Waals surface area contributed by atoms with E-state index >= 15 is 0 Å². The maximum Gasteiger partial charge on any atom is 0.239 e. The van der Waals surface area contributed by atoms with Gasteiger partial charge in [0.25, 0.3) is 0 Å². The maximum absolute atomic E-state index is 11.9. The fraction of sp³-hybridized carbons (Fsp3) is 0.857. The molecule has 5 heteroatoms. The topological polar surface area (TPSA) is 66.6 Å². The van der Waals surface area contributed by atoms with E-state index in [4.69, 9.17) is 5.73 Å². The van der Waals surface area contributed by atoms with Gasteiger partial charge in [-0.3, -0.25) is 9.59 Å². The Labute approximate surface area is 115 Å². The Bertz CT molecular complexity index is 353. The molecule has 0 aromatic carbocycles. The number of piperidine rings is 1. The second-order valence-corrected chi connectivity index (χ2v) is 5.98. The van der Waals surface area contributed by atoms with Gasteiger partial charge in [0.05, 0.1) is 6.04 Å². The molecule has 2 aliphatic rings. The standard InChI is InChI=1S/C14H25N3O2/c1-10(15)14(19)16-7-3-4-12(8-16)9-17(11(2)18)13-5-6-13/h10,12-13H,3-9,15H2,1-2H3. The summed E-state index contributed by atoms with van der Waals surface area (Å²) in [6, 6.07) is 0.0307. The molecule has 1 aliphatic carbocycles. The third-order valence-corrected chi connectivity index (χ3v) is 4.07. The monoisotopic (exact) mass is 267 g/mol. The van der Waals surface area contributed by atoms with Gasteiger partial charge in [0.1, 0.15) is 0 Å². The van der Waals surface area contributed by atoms with Crippen molar-refractivity contribution in [2.24, 2.45) is 11.7 Å². The zero-order valence-electron chi connectivity index (χ0n) is 12.0. The molecule has 0 aromatic heterocycles. The lowest BCUT2D eigenvalue weighted by Crippen LogP contribution is -2.49. The first-order valence-corrected chi connectivity index (χ1v) is 7.30. The summed E-state index contributed by atoms with van der Waals surface area (Å²) in [4.78, 5) is 27.4. The minimum absolute atomic E-state index is 0.0329. The van der Waals surface area contributed by atoms with Gasteiger partial charge in [0, 0.05) is 32.6 Å². The van der Waals surface area contributed by atoms with Gasteiger partial charge in [-0.2, -0.15) is 0 Å². The molecule has 2 N–H and O–H groups in total. The first kappa shape index (κ1) is 14.3. The first-order chi connectivity index (χ1) is 8.99. The lowest BCUT2D eigenvalue weighted by atomic mass is 9.96. The Balaban J connectivity index is 1.89. The summed E-state index contributed by atoms with van der Waals surface area (Å²) >= 11 is 0. The molecule has 2 fully saturated rings. The summed E-state index contributed by atoms with van der Waals surface area (Å²) in [6.07, 6.45) is 4.38. The zero-order chi connectivity index (χ0) is 14.0. The van der Waals surface area contributed by atoms with E-state index in [9.17, 15) is 9.59 Å². The minimum Gasteiger partial charge on any atom is -0.341 e. The number of hydrogen-bond acceptors (Lipinski definition) is 3. The van der Waals surface area contributed by atoms with E-state index in [0.717, 1.165) is 45.3 Å². The van der Waals surface area contributed by atoms with Crippen LogP contribution in [0.25, 0.3) is 0 Å². The quantitative estimate of drug-likeness (QED) is 0.810. The number of rotatable bonds is 4. The second kappa shape index (κ2) is 5.90. The molecule has 2 amide bonds. The van der Waals surface area contributed by atoms with Crippen molar-refractivity contribution in [1.29, 1.82) is 0 Å². The molecule has 2 unspecified atom stereocenters. The van der Waals surface area contributed by atoms with Gasteiger partial charge in [-0.15, -0.1) is 0 Å². The number of nitrogens with two attached hydrogens (primary N) is 1. The summed E-state index contributed by atoms with van der Waals surface area (Å²) in [7, 11) is 0. The van der Waals surface area contributed by atoms with Crippen LogP contribution in [0.5, 0.6) is 0 Å². The van der Waals surface area contributed by atoms with Crippen LogP contribution in [0.2, 0.25) is 0 Å². The van der Waals surface area contributed by atoms with E-state index < -0.39 is 6.04 Å². The Morgan fingerprint density at radius 3 is 2.58 bits per heavy atom. The largest absolute Gasteiger partial charge is 0.341 e. The average Bonchev–Trinajstić information content (AvgIpc) is 3.19. The number of nitrogens with zero attached hydrogens (tertiary/aromatic N) is 2. The lowest BCUT2D eigenvalue weighted by molar-refractivity contribution is -0.134. The number of carbonyl (C=O) groups excluding carboxylic acids is 2. The first-order valence-electron chi connectivity index (χ1n) is 7.30. The molecule has 1 saturated carbocycles. The Morgan fingerprint density at radius 1 is 1.37 bits per heavy atom. The number of likely N-dealkylation sites (tertiary alicyclic amines) is 1. The Kier molecular flexibility index (Phi) is 4.45. The van der Waals surface area contributed by atoms with Gasteiger partial charge in [-0.1, -0.05) is 0 Å². The summed E-state index contributed by atoms with van der Waals surface area (Å²) in [5.74, 6) is 0.601. The van der Waals surface area contributed by atoms with Crippen LogP contribution in [-0.2, 0) is 9.59 Å². The van der Waals surface area contributed by atoms with E-state index in [0.29, 0.717) is 12.0 Å². The summed E-state index contributed by atoms with van der Waals surface area (Å²) in [5.41, 5.74) is 5.66. The molecular formula is C14H25N3O2. The van der Waals surface area contributed by atoms with Gasteiger partial charge in [-0.05, 0) is 38.5 Å². The summed E-state index contributed by atoms with van der Waals surface area (Å²) < 4.78 is 0. The highest BCUT2D eigenvalue weighted by molar-refractivity contribution is 5.81. The van der Waals surface area contributed by atoms with Crippen molar-refractivity contribution >= 4 is 11.8 Å². The molecule has 1 saturated heterocycles. The van der Waals surface area contributed by atoms with Gasteiger partial charge in [0.15, 0.2) is 0 Å². The van der Waals surface area contributed by atoms with Crippen LogP contribution in [0.4, 0.5) is 0 Å². The molecule has 5 nitrogen and oxygen atoms in total. The average molecular weight is 267 g/mol. The molecule has 0 radical (unpaired) electrons. The Hall–Kier alpha value is -1.10. The predicted octanol–water partition coefficient (Wildman–Crippen LogP) is 0.583. The van der Waals surface area contributed by atoms with Gasteiger partial charge in [-0.25, -0.2) is 0 Å². The lowest BCUT2D eigenvalue weighted by Gasteiger charge is -2.36. The molecule has 1 heterocycles. The highest BCUT2D eigenvalue weighted by atomic mass is 16.2. The summed E-state index contributed by atoms with van der Waals surface area (Å²) in [5, 5.41) is 0. The van der Waals surface area contributed by atoms with Crippen LogP contribution >= 0.6 is 0 Å². The zero-order valence-corrected chi connectivity index (χ0v) is 12.0. The molecule has 0 bridgehead atoms. The van der Waals surface area contributed by atoms with E-state index in [2.05, 4.69) is 0 Å². The highest BCUT2D eigenvalue weighted by Crippen LogP contribution is 2.29. The minimum atomic E-state index is -0.425. The number of amides is 2. The van der Waals surface area contributed by atoms with E-state index in [-0.39, 0.29) is 11.8 Å². The number of hydrogen-bond donors (Lipinski definition) is 1. The fourth-order valence-electron chi connectivity index (χ4n) is 2.90.